The molecule has 230 valence electrons. The van der Waals surface area contributed by atoms with E-state index < -0.39 is 28.5 Å². The Kier molecular flexibility index (Phi) is 11.7. The molecule has 1 atom stereocenters. The van der Waals surface area contributed by atoms with Crippen molar-refractivity contribution >= 4 is 43.5 Å². The lowest BCUT2D eigenvalue weighted by Gasteiger charge is -2.34. The highest BCUT2D eigenvalue weighted by Crippen LogP contribution is 2.25. The minimum absolute atomic E-state index is 0.0809. The molecule has 4 rings (SSSR count). The van der Waals surface area contributed by atoms with E-state index in [-0.39, 0.29) is 23.8 Å². The molecule has 1 N–H and O–H groups in total. The van der Waals surface area contributed by atoms with Crippen molar-refractivity contribution in [2.75, 3.05) is 17.4 Å². The maximum atomic E-state index is 14.4. The Labute approximate surface area is 269 Å². The fourth-order valence-electron chi connectivity index (χ4n) is 4.81. The van der Waals surface area contributed by atoms with Crippen LogP contribution in [0.4, 0.5) is 5.69 Å². The molecule has 0 saturated heterocycles. The average molecular weight is 677 g/mol. The van der Waals surface area contributed by atoms with Gasteiger partial charge in [-0.15, -0.1) is 0 Å². The fourth-order valence-corrected chi connectivity index (χ4v) is 6.49. The number of halogens is 1. The number of nitrogens with one attached hydrogen (secondary N) is 1. The summed E-state index contributed by atoms with van der Waals surface area (Å²) in [4.78, 5) is 29.8. The molecule has 44 heavy (non-hydrogen) atoms. The molecule has 0 spiro atoms. The number of benzene rings is 4. The van der Waals surface area contributed by atoms with E-state index in [1.807, 2.05) is 68.4 Å². The molecule has 9 heteroatoms. The number of amides is 2. The number of rotatable bonds is 14. The van der Waals surface area contributed by atoms with Gasteiger partial charge in [-0.25, -0.2) is 8.42 Å². The number of carbonyl (C=O) groups excluding carboxylic acids is 2. The summed E-state index contributed by atoms with van der Waals surface area (Å²) in [6.07, 6.45) is 1.99. The number of sulfonamides is 1. The first-order chi connectivity index (χ1) is 21.2. The standard InChI is InChI=1S/C35H38BrN3O4S/c1-3-4-23-37-35(41)33(24-28-11-7-5-8-12-28)38(25-29-17-19-30(36)20-18-29)34(40)26-39(31-13-9-6-10-14-31)44(42,43)32-21-15-27(2)16-22-32/h5-22,33H,3-4,23-26H2,1-2H3,(H,37,41). The van der Waals surface area contributed by atoms with E-state index in [2.05, 4.69) is 21.2 Å². The van der Waals surface area contributed by atoms with Crippen LogP contribution in [0.25, 0.3) is 0 Å². The second-order valence-corrected chi connectivity index (χ2v) is 13.4. The second kappa shape index (κ2) is 15.7. The van der Waals surface area contributed by atoms with Crippen LogP contribution in [-0.2, 0) is 32.6 Å². The van der Waals surface area contributed by atoms with Crippen LogP contribution < -0.4 is 9.62 Å². The molecule has 7 nitrogen and oxygen atoms in total. The zero-order valence-corrected chi connectivity index (χ0v) is 27.4. The highest BCUT2D eigenvalue weighted by atomic mass is 79.9. The van der Waals surface area contributed by atoms with Crippen LogP contribution in [0, 0.1) is 6.92 Å². The Morgan fingerprint density at radius 1 is 0.818 bits per heavy atom. The van der Waals surface area contributed by atoms with Crippen molar-refractivity contribution < 1.29 is 18.0 Å². The van der Waals surface area contributed by atoms with Gasteiger partial charge in [-0.05, 0) is 60.9 Å². The van der Waals surface area contributed by atoms with Gasteiger partial charge in [0.2, 0.25) is 11.8 Å². The summed E-state index contributed by atoms with van der Waals surface area (Å²) in [5, 5.41) is 3.01. The third-order valence-electron chi connectivity index (χ3n) is 7.30. The van der Waals surface area contributed by atoms with Crippen LogP contribution in [0.2, 0.25) is 0 Å². The summed E-state index contributed by atoms with van der Waals surface area (Å²) in [5.74, 6) is -0.764. The Balaban J connectivity index is 1.76. The van der Waals surface area contributed by atoms with Crippen LogP contribution in [-0.4, -0.2) is 44.3 Å². The first kappa shape index (κ1) is 33.0. The van der Waals surface area contributed by atoms with Crippen molar-refractivity contribution in [3.8, 4) is 0 Å². The molecule has 0 aliphatic rings. The number of hydrogen-bond donors (Lipinski definition) is 1. The van der Waals surface area contributed by atoms with Crippen molar-refractivity contribution in [3.05, 3.63) is 130 Å². The predicted molar refractivity (Wildman–Crippen MR) is 179 cm³/mol. The van der Waals surface area contributed by atoms with Gasteiger partial charge >= 0.3 is 0 Å². The number of unbranched alkanes of at least 4 members (excludes halogenated alkanes) is 1. The Hall–Kier alpha value is -3.95. The molecule has 0 aliphatic heterocycles. The lowest BCUT2D eigenvalue weighted by atomic mass is 10.0. The largest absolute Gasteiger partial charge is 0.354 e. The van der Waals surface area contributed by atoms with Gasteiger partial charge in [0.05, 0.1) is 10.6 Å². The molecule has 4 aromatic carbocycles. The Morgan fingerprint density at radius 3 is 2.05 bits per heavy atom. The normalized spacial score (nSPS) is 11.9. The number of carbonyl (C=O) groups is 2. The number of nitrogens with zero attached hydrogens (tertiary/aromatic N) is 2. The molecule has 4 aromatic rings. The zero-order valence-electron chi connectivity index (χ0n) is 25.0. The molecular formula is C35H38BrN3O4S. The lowest BCUT2D eigenvalue weighted by Crippen LogP contribution is -2.53. The molecule has 0 aliphatic carbocycles. The monoisotopic (exact) mass is 675 g/mol. The summed E-state index contributed by atoms with van der Waals surface area (Å²) in [5.41, 5.74) is 2.99. The van der Waals surface area contributed by atoms with Gasteiger partial charge in [0.25, 0.3) is 10.0 Å². The summed E-state index contributed by atoms with van der Waals surface area (Å²) >= 11 is 3.46. The van der Waals surface area contributed by atoms with E-state index in [0.717, 1.165) is 38.3 Å². The molecule has 1 unspecified atom stereocenters. The van der Waals surface area contributed by atoms with Crippen molar-refractivity contribution in [2.24, 2.45) is 0 Å². The fraction of sp³-hybridized carbons (Fsp3) is 0.257. The summed E-state index contributed by atoms with van der Waals surface area (Å²) < 4.78 is 30.1. The average Bonchev–Trinajstić information content (AvgIpc) is 3.03. The number of aryl methyl sites for hydroxylation is 1. The van der Waals surface area contributed by atoms with Gasteiger partial charge < -0.3 is 10.2 Å². The van der Waals surface area contributed by atoms with Gasteiger partial charge in [0, 0.05) is 24.0 Å². The molecule has 0 aromatic heterocycles. The van der Waals surface area contributed by atoms with Crippen LogP contribution in [0.15, 0.2) is 119 Å². The number of hydrogen-bond acceptors (Lipinski definition) is 4. The lowest BCUT2D eigenvalue weighted by molar-refractivity contribution is -0.140. The van der Waals surface area contributed by atoms with Crippen molar-refractivity contribution in [3.63, 3.8) is 0 Å². The molecule has 0 fully saturated rings. The number of anilines is 1. The molecule has 2 amide bonds. The van der Waals surface area contributed by atoms with Gasteiger partial charge in [0.15, 0.2) is 0 Å². The van der Waals surface area contributed by atoms with E-state index in [4.69, 9.17) is 0 Å². The highest BCUT2D eigenvalue weighted by molar-refractivity contribution is 9.10. The van der Waals surface area contributed by atoms with E-state index in [1.165, 1.54) is 4.90 Å². The molecule has 0 saturated carbocycles. The second-order valence-electron chi connectivity index (χ2n) is 10.7. The van der Waals surface area contributed by atoms with Crippen molar-refractivity contribution in [1.29, 1.82) is 0 Å². The summed E-state index contributed by atoms with van der Waals surface area (Å²) in [6, 6.07) is 31.3. The Bertz CT molecular complexity index is 1610. The van der Waals surface area contributed by atoms with Gasteiger partial charge in [-0.3, -0.25) is 13.9 Å². The van der Waals surface area contributed by atoms with Crippen LogP contribution >= 0.6 is 15.9 Å². The SMILES string of the molecule is CCCCNC(=O)C(Cc1ccccc1)N(Cc1ccc(Br)cc1)C(=O)CN(c1ccccc1)S(=O)(=O)c1ccc(C)cc1. The van der Waals surface area contributed by atoms with E-state index in [9.17, 15) is 18.0 Å². The third kappa shape index (κ3) is 8.80. The minimum Gasteiger partial charge on any atom is -0.354 e. The van der Waals surface area contributed by atoms with Gasteiger partial charge in [-0.2, -0.15) is 0 Å². The molecular weight excluding hydrogens is 638 g/mol. The van der Waals surface area contributed by atoms with Gasteiger partial charge in [-0.1, -0.05) is 108 Å². The first-order valence-electron chi connectivity index (χ1n) is 14.7. The summed E-state index contributed by atoms with van der Waals surface area (Å²) in [6.45, 7) is 4.05. The smallest absolute Gasteiger partial charge is 0.264 e. The first-order valence-corrected chi connectivity index (χ1v) is 16.9. The minimum atomic E-state index is -4.12. The molecule has 0 radical (unpaired) electrons. The van der Waals surface area contributed by atoms with Crippen LogP contribution in [0.5, 0.6) is 0 Å². The maximum Gasteiger partial charge on any atom is 0.264 e. The molecule has 0 heterocycles. The zero-order chi connectivity index (χ0) is 31.5. The van der Waals surface area contributed by atoms with Crippen molar-refractivity contribution in [1.82, 2.24) is 10.2 Å². The van der Waals surface area contributed by atoms with E-state index in [0.29, 0.717) is 12.2 Å². The maximum absolute atomic E-state index is 14.4. The van der Waals surface area contributed by atoms with Crippen LogP contribution in [0.3, 0.4) is 0 Å². The topological polar surface area (TPSA) is 86.8 Å². The third-order valence-corrected chi connectivity index (χ3v) is 9.62. The highest BCUT2D eigenvalue weighted by Gasteiger charge is 2.34. The quantitative estimate of drug-likeness (QED) is 0.154. The van der Waals surface area contributed by atoms with Crippen LogP contribution in [0.1, 0.15) is 36.5 Å². The van der Waals surface area contributed by atoms with E-state index in [1.54, 1.807) is 54.6 Å². The molecule has 0 bridgehead atoms. The van der Waals surface area contributed by atoms with Crippen molar-refractivity contribution in [2.45, 2.75) is 50.6 Å². The predicted octanol–water partition coefficient (Wildman–Crippen LogP) is 6.51. The van der Waals surface area contributed by atoms with E-state index >= 15 is 0 Å². The van der Waals surface area contributed by atoms with Gasteiger partial charge in [0.1, 0.15) is 12.6 Å². The summed E-state index contributed by atoms with van der Waals surface area (Å²) in [7, 11) is -4.12. The Morgan fingerprint density at radius 2 is 1.43 bits per heavy atom. The number of para-hydroxylation sites is 1.